The maximum Gasteiger partial charge on any atom is 0.350 e. The largest absolute Gasteiger partial charge is 0.466 e. The quantitative estimate of drug-likeness (QED) is 0.540. The summed E-state index contributed by atoms with van der Waals surface area (Å²) in [5.74, 6) is -0.936. The Kier molecular flexibility index (Phi) is 2.08. The van der Waals surface area contributed by atoms with Crippen LogP contribution in [0, 0.1) is 5.92 Å². The highest BCUT2D eigenvalue weighted by atomic mass is 16.6. The van der Waals surface area contributed by atoms with Crippen LogP contribution in [0.15, 0.2) is 0 Å². The Morgan fingerprint density at radius 2 is 2.33 bits per heavy atom. The standard InChI is InChI=1S/C8H12O4/c1-5-4-6(9)12-8(5,2)7(10)11-3/h5H,4H2,1-3H3. The Morgan fingerprint density at radius 3 is 2.67 bits per heavy atom. The van der Waals surface area contributed by atoms with Gasteiger partial charge in [0.05, 0.1) is 13.5 Å². The van der Waals surface area contributed by atoms with Crippen LogP contribution in [-0.4, -0.2) is 24.6 Å². The molecule has 0 N–H and O–H groups in total. The topological polar surface area (TPSA) is 52.6 Å². The predicted molar refractivity (Wildman–Crippen MR) is 40.3 cm³/mol. The fourth-order valence-corrected chi connectivity index (χ4v) is 1.27. The summed E-state index contributed by atoms with van der Waals surface area (Å²) in [6.07, 6.45) is 0.283. The van der Waals surface area contributed by atoms with Crippen LogP contribution < -0.4 is 0 Å². The van der Waals surface area contributed by atoms with Gasteiger partial charge in [0.1, 0.15) is 0 Å². The summed E-state index contributed by atoms with van der Waals surface area (Å²) >= 11 is 0. The van der Waals surface area contributed by atoms with Crippen LogP contribution in [0.4, 0.5) is 0 Å². The molecule has 0 aromatic heterocycles. The summed E-state index contributed by atoms with van der Waals surface area (Å²) in [6.45, 7) is 3.37. The van der Waals surface area contributed by atoms with E-state index in [0.717, 1.165) is 0 Å². The third-order valence-corrected chi connectivity index (χ3v) is 2.33. The molecule has 1 rings (SSSR count). The van der Waals surface area contributed by atoms with Gasteiger partial charge in [0, 0.05) is 5.92 Å². The number of hydrogen-bond donors (Lipinski definition) is 0. The number of ether oxygens (including phenoxy) is 2. The number of hydrogen-bond acceptors (Lipinski definition) is 4. The van der Waals surface area contributed by atoms with E-state index in [9.17, 15) is 9.59 Å². The summed E-state index contributed by atoms with van der Waals surface area (Å²) < 4.78 is 9.44. The molecule has 1 heterocycles. The molecule has 1 aliphatic heterocycles. The second-order valence-corrected chi connectivity index (χ2v) is 3.18. The average Bonchev–Trinajstić information content (AvgIpc) is 2.26. The van der Waals surface area contributed by atoms with Crippen molar-refractivity contribution in [1.82, 2.24) is 0 Å². The van der Waals surface area contributed by atoms with E-state index in [1.165, 1.54) is 7.11 Å². The maximum atomic E-state index is 11.2. The van der Waals surface area contributed by atoms with Gasteiger partial charge in [0.15, 0.2) is 0 Å². The second kappa shape index (κ2) is 2.77. The molecule has 0 spiro atoms. The molecule has 0 radical (unpaired) electrons. The molecule has 1 fully saturated rings. The first-order chi connectivity index (χ1) is 5.50. The van der Waals surface area contributed by atoms with Crippen LogP contribution in [0.1, 0.15) is 20.3 Å². The molecule has 0 aliphatic carbocycles. The van der Waals surface area contributed by atoms with Crippen LogP contribution in [0.5, 0.6) is 0 Å². The highest BCUT2D eigenvalue weighted by Gasteiger charge is 2.49. The average molecular weight is 172 g/mol. The lowest BCUT2D eigenvalue weighted by Gasteiger charge is -2.23. The van der Waals surface area contributed by atoms with Crippen molar-refractivity contribution in [1.29, 1.82) is 0 Å². The lowest BCUT2D eigenvalue weighted by molar-refractivity contribution is -0.172. The fraction of sp³-hybridized carbons (Fsp3) is 0.750. The van der Waals surface area contributed by atoms with Crippen LogP contribution in [0.3, 0.4) is 0 Å². The van der Waals surface area contributed by atoms with E-state index in [2.05, 4.69) is 4.74 Å². The third-order valence-electron chi connectivity index (χ3n) is 2.33. The number of carbonyl (C=O) groups excluding carboxylic acids is 2. The number of rotatable bonds is 1. The van der Waals surface area contributed by atoms with E-state index in [-0.39, 0.29) is 18.3 Å². The minimum atomic E-state index is -1.08. The van der Waals surface area contributed by atoms with Crippen LogP contribution >= 0.6 is 0 Å². The lowest BCUT2D eigenvalue weighted by Crippen LogP contribution is -2.40. The molecule has 1 saturated heterocycles. The van der Waals surface area contributed by atoms with Crippen molar-refractivity contribution in [2.45, 2.75) is 25.9 Å². The van der Waals surface area contributed by atoms with Crippen molar-refractivity contribution < 1.29 is 19.1 Å². The maximum absolute atomic E-state index is 11.2. The molecule has 4 heteroatoms. The highest BCUT2D eigenvalue weighted by molar-refractivity contribution is 5.86. The molecule has 4 nitrogen and oxygen atoms in total. The molecular formula is C8H12O4. The Morgan fingerprint density at radius 1 is 1.75 bits per heavy atom. The van der Waals surface area contributed by atoms with Crippen molar-refractivity contribution in [2.24, 2.45) is 5.92 Å². The van der Waals surface area contributed by atoms with E-state index in [4.69, 9.17) is 4.74 Å². The zero-order chi connectivity index (χ0) is 9.35. The monoisotopic (exact) mass is 172 g/mol. The molecule has 0 aromatic carbocycles. The van der Waals surface area contributed by atoms with E-state index >= 15 is 0 Å². The highest BCUT2D eigenvalue weighted by Crippen LogP contribution is 2.33. The third kappa shape index (κ3) is 1.17. The van der Waals surface area contributed by atoms with Crippen molar-refractivity contribution in [2.75, 3.05) is 7.11 Å². The zero-order valence-electron chi connectivity index (χ0n) is 7.42. The van der Waals surface area contributed by atoms with E-state index in [1.54, 1.807) is 13.8 Å². The van der Waals surface area contributed by atoms with Gasteiger partial charge < -0.3 is 9.47 Å². The van der Waals surface area contributed by atoms with Gasteiger partial charge in [-0.1, -0.05) is 6.92 Å². The minimum absolute atomic E-state index is 0.113. The summed E-state index contributed by atoms with van der Waals surface area (Å²) in [7, 11) is 1.28. The van der Waals surface area contributed by atoms with Crippen molar-refractivity contribution >= 4 is 11.9 Å². The summed E-state index contributed by atoms with van der Waals surface area (Å²) in [6, 6.07) is 0. The molecule has 0 saturated carbocycles. The molecule has 2 unspecified atom stereocenters. The molecule has 12 heavy (non-hydrogen) atoms. The van der Waals surface area contributed by atoms with Gasteiger partial charge in [-0.05, 0) is 6.92 Å². The normalized spacial score (nSPS) is 34.6. The van der Waals surface area contributed by atoms with Gasteiger partial charge in [-0.3, -0.25) is 4.79 Å². The Hall–Kier alpha value is -1.06. The predicted octanol–water partition coefficient (Wildman–Crippen LogP) is 0.501. The summed E-state index contributed by atoms with van der Waals surface area (Å²) in [5, 5.41) is 0. The lowest BCUT2D eigenvalue weighted by atomic mass is 9.91. The smallest absolute Gasteiger partial charge is 0.350 e. The molecule has 0 bridgehead atoms. The SMILES string of the molecule is COC(=O)C1(C)OC(=O)CC1C. The van der Waals surface area contributed by atoms with Gasteiger partial charge in [0.25, 0.3) is 0 Å². The number of carbonyl (C=O) groups is 2. The van der Waals surface area contributed by atoms with Gasteiger partial charge >= 0.3 is 11.9 Å². The fourth-order valence-electron chi connectivity index (χ4n) is 1.27. The van der Waals surface area contributed by atoms with Crippen molar-refractivity contribution in [3.63, 3.8) is 0 Å². The molecule has 2 atom stereocenters. The second-order valence-electron chi connectivity index (χ2n) is 3.18. The van der Waals surface area contributed by atoms with Gasteiger partial charge in [-0.25, -0.2) is 4.79 Å². The Bertz CT molecular complexity index is 223. The first kappa shape index (κ1) is 9.03. The Balaban J connectivity index is 2.84. The zero-order valence-corrected chi connectivity index (χ0v) is 7.42. The van der Waals surface area contributed by atoms with Crippen molar-refractivity contribution in [3.05, 3.63) is 0 Å². The van der Waals surface area contributed by atoms with Gasteiger partial charge in [0.2, 0.25) is 5.60 Å². The first-order valence-electron chi connectivity index (χ1n) is 3.81. The Labute approximate surface area is 70.8 Å². The van der Waals surface area contributed by atoms with E-state index < -0.39 is 11.6 Å². The number of methoxy groups -OCH3 is 1. The van der Waals surface area contributed by atoms with Gasteiger partial charge in [-0.2, -0.15) is 0 Å². The number of cyclic esters (lactones) is 1. The molecular weight excluding hydrogens is 160 g/mol. The summed E-state index contributed by atoms with van der Waals surface area (Å²) in [5.41, 5.74) is -1.08. The number of esters is 2. The molecule has 0 amide bonds. The first-order valence-corrected chi connectivity index (χ1v) is 3.81. The van der Waals surface area contributed by atoms with E-state index in [1.807, 2.05) is 0 Å². The minimum Gasteiger partial charge on any atom is -0.466 e. The van der Waals surface area contributed by atoms with Crippen LogP contribution in [0.25, 0.3) is 0 Å². The van der Waals surface area contributed by atoms with Crippen LogP contribution in [-0.2, 0) is 19.1 Å². The van der Waals surface area contributed by atoms with Crippen molar-refractivity contribution in [3.8, 4) is 0 Å². The van der Waals surface area contributed by atoms with Crippen LogP contribution in [0.2, 0.25) is 0 Å². The molecule has 1 aliphatic rings. The van der Waals surface area contributed by atoms with E-state index in [0.29, 0.717) is 0 Å². The summed E-state index contributed by atoms with van der Waals surface area (Å²) in [4.78, 5) is 22.1. The van der Waals surface area contributed by atoms with Gasteiger partial charge in [-0.15, -0.1) is 0 Å². The molecule has 0 aromatic rings. The molecule has 68 valence electrons.